The third-order valence-electron chi connectivity index (χ3n) is 6.84. The van der Waals surface area contributed by atoms with Crippen LogP contribution in [0.1, 0.15) is 75.7 Å². The summed E-state index contributed by atoms with van der Waals surface area (Å²) in [4.78, 5) is 27.7. The number of hydrogen-bond donors (Lipinski definition) is 1. The van der Waals surface area contributed by atoms with Gasteiger partial charge >= 0.3 is 0 Å². The predicted molar refractivity (Wildman–Crippen MR) is 127 cm³/mol. The van der Waals surface area contributed by atoms with Gasteiger partial charge in [-0.1, -0.05) is 33.1 Å². The molecule has 6 heteroatoms. The molecule has 3 rings (SSSR count). The molecule has 1 aliphatic carbocycles. The van der Waals surface area contributed by atoms with Crippen molar-refractivity contribution in [1.82, 2.24) is 14.8 Å². The van der Waals surface area contributed by atoms with Crippen LogP contribution in [0.3, 0.4) is 0 Å². The zero-order valence-electron chi connectivity index (χ0n) is 20.1. The zero-order chi connectivity index (χ0) is 23.3. The molecule has 2 fully saturated rings. The summed E-state index contributed by atoms with van der Waals surface area (Å²) in [6, 6.07) is 4.43. The molecule has 1 saturated heterocycles. The Labute approximate surface area is 192 Å². The van der Waals surface area contributed by atoms with Crippen molar-refractivity contribution in [1.29, 1.82) is 5.26 Å². The number of piperidine rings is 1. The van der Waals surface area contributed by atoms with E-state index in [2.05, 4.69) is 36.7 Å². The summed E-state index contributed by atoms with van der Waals surface area (Å²) in [7, 11) is 0. The number of carbonyl (C=O) groups excluding carboxylic acids is 2. The van der Waals surface area contributed by atoms with E-state index in [-0.39, 0.29) is 29.3 Å². The third kappa shape index (κ3) is 5.82. The van der Waals surface area contributed by atoms with Gasteiger partial charge in [-0.05, 0) is 63.2 Å². The highest BCUT2D eigenvalue weighted by Crippen LogP contribution is 2.24. The van der Waals surface area contributed by atoms with Gasteiger partial charge in [0.2, 0.25) is 5.91 Å². The Kier molecular flexibility index (Phi) is 8.17. The van der Waals surface area contributed by atoms with E-state index in [0.717, 1.165) is 49.2 Å². The summed E-state index contributed by atoms with van der Waals surface area (Å²) in [6.45, 7) is 10.3. The van der Waals surface area contributed by atoms with Crippen LogP contribution in [-0.2, 0) is 16.1 Å². The molecular weight excluding hydrogens is 400 g/mol. The molecule has 174 valence electrons. The second-order valence-corrected chi connectivity index (χ2v) is 9.93. The monoisotopic (exact) mass is 438 g/mol. The normalized spacial score (nSPS) is 20.3. The Morgan fingerprint density at radius 1 is 1.19 bits per heavy atom. The molecule has 1 unspecified atom stereocenters. The third-order valence-corrected chi connectivity index (χ3v) is 6.84. The van der Waals surface area contributed by atoms with Gasteiger partial charge in [0.15, 0.2) is 0 Å². The van der Waals surface area contributed by atoms with Gasteiger partial charge in [0.25, 0.3) is 5.91 Å². The lowest BCUT2D eigenvalue weighted by Crippen LogP contribution is -2.48. The molecule has 6 nitrogen and oxygen atoms in total. The van der Waals surface area contributed by atoms with Gasteiger partial charge in [0.05, 0.1) is 5.92 Å². The van der Waals surface area contributed by atoms with E-state index >= 15 is 0 Å². The van der Waals surface area contributed by atoms with Crippen molar-refractivity contribution in [2.75, 3.05) is 13.1 Å². The van der Waals surface area contributed by atoms with E-state index in [1.165, 1.54) is 19.3 Å². The van der Waals surface area contributed by atoms with Crippen LogP contribution in [0, 0.1) is 37.0 Å². The standard InChI is InChI=1S/C26H38N4O2/c1-18(2)16-30-19(3)13-22(20(30)4)14-23(15-27)26(32)29-12-8-9-21(17-29)25(31)28-24-10-6-5-7-11-24/h13-14,18,21,24H,5-12,16-17H2,1-4H3,(H,28,31)/b23-14-. The van der Waals surface area contributed by atoms with E-state index in [0.29, 0.717) is 19.0 Å². The smallest absolute Gasteiger partial charge is 0.264 e. The fourth-order valence-corrected chi connectivity index (χ4v) is 5.03. The first-order valence-corrected chi connectivity index (χ1v) is 12.2. The summed E-state index contributed by atoms with van der Waals surface area (Å²) in [5.74, 6) is 0.120. The number of aromatic nitrogens is 1. The highest BCUT2D eigenvalue weighted by molar-refractivity contribution is 6.02. The SMILES string of the molecule is Cc1cc(/C=C(/C#N)C(=O)N2CCCC(C(=O)NC3CCCCC3)C2)c(C)n1CC(C)C. The fourth-order valence-electron chi connectivity index (χ4n) is 5.03. The summed E-state index contributed by atoms with van der Waals surface area (Å²) >= 11 is 0. The Bertz CT molecular complexity index is 900. The molecule has 1 aliphatic heterocycles. The van der Waals surface area contributed by atoms with E-state index in [1.807, 2.05) is 13.0 Å². The van der Waals surface area contributed by atoms with Crippen molar-refractivity contribution in [3.05, 3.63) is 28.6 Å². The van der Waals surface area contributed by atoms with Crippen LogP contribution in [0.15, 0.2) is 11.6 Å². The average molecular weight is 439 g/mol. The van der Waals surface area contributed by atoms with Gasteiger partial charge in [-0.25, -0.2) is 0 Å². The molecule has 1 N–H and O–H groups in total. The first kappa shape index (κ1) is 24.1. The first-order valence-electron chi connectivity index (χ1n) is 12.2. The van der Waals surface area contributed by atoms with Gasteiger partial charge in [0.1, 0.15) is 11.6 Å². The summed E-state index contributed by atoms with van der Waals surface area (Å²) < 4.78 is 2.24. The molecule has 1 aromatic heterocycles. The molecular formula is C26H38N4O2. The fraction of sp³-hybridized carbons (Fsp3) is 0.654. The highest BCUT2D eigenvalue weighted by Gasteiger charge is 2.31. The Morgan fingerprint density at radius 2 is 1.91 bits per heavy atom. The molecule has 1 saturated carbocycles. The maximum Gasteiger partial charge on any atom is 0.264 e. The lowest BCUT2D eigenvalue weighted by molar-refractivity contribution is -0.132. The van der Waals surface area contributed by atoms with E-state index < -0.39 is 0 Å². The van der Waals surface area contributed by atoms with Gasteiger partial charge < -0.3 is 14.8 Å². The van der Waals surface area contributed by atoms with Crippen molar-refractivity contribution < 1.29 is 9.59 Å². The largest absolute Gasteiger partial charge is 0.353 e. The van der Waals surface area contributed by atoms with Crippen LogP contribution in [0.25, 0.3) is 6.08 Å². The van der Waals surface area contributed by atoms with Crippen molar-refractivity contribution >= 4 is 17.9 Å². The molecule has 2 aliphatic rings. The summed E-state index contributed by atoms with van der Waals surface area (Å²) in [5.41, 5.74) is 3.25. The van der Waals surface area contributed by atoms with Crippen molar-refractivity contribution in [3.63, 3.8) is 0 Å². The molecule has 1 aromatic rings. The van der Waals surface area contributed by atoms with Crippen molar-refractivity contribution in [3.8, 4) is 6.07 Å². The average Bonchev–Trinajstić information content (AvgIpc) is 3.04. The number of aryl methyl sites for hydroxylation is 1. The van der Waals surface area contributed by atoms with Crippen LogP contribution in [0.2, 0.25) is 0 Å². The van der Waals surface area contributed by atoms with E-state index in [9.17, 15) is 14.9 Å². The van der Waals surface area contributed by atoms with Crippen LogP contribution < -0.4 is 5.32 Å². The second-order valence-electron chi connectivity index (χ2n) is 9.93. The van der Waals surface area contributed by atoms with Gasteiger partial charge in [-0.3, -0.25) is 9.59 Å². The molecule has 0 radical (unpaired) electrons. The Balaban J connectivity index is 1.69. The summed E-state index contributed by atoms with van der Waals surface area (Å²) in [5, 5.41) is 12.9. The molecule has 32 heavy (non-hydrogen) atoms. The van der Waals surface area contributed by atoms with Gasteiger partial charge in [-0.2, -0.15) is 5.26 Å². The number of carbonyl (C=O) groups is 2. The lowest BCUT2D eigenvalue weighted by Gasteiger charge is -2.33. The number of nitrogens with zero attached hydrogens (tertiary/aromatic N) is 3. The number of likely N-dealkylation sites (tertiary alicyclic amines) is 1. The molecule has 1 atom stereocenters. The summed E-state index contributed by atoms with van der Waals surface area (Å²) in [6.07, 6.45) is 9.01. The van der Waals surface area contributed by atoms with Crippen LogP contribution >= 0.6 is 0 Å². The maximum absolute atomic E-state index is 13.2. The predicted octanol–water partition coefficient (Wildman–Crippen LogP) is 4.36. The van der Waals surface area contributed by atoms with Crippen LogP contribution in [-0.4, -0.2) is 40.4 Å². The van der Waals surface area contributed by atoms with Gasteiger partial charge in [-0.15, -0.1) is 0 Å². The van der Waals surface area contributed by atoms with E-state index in [4.69, 9.17) is 0 Å². The number of hydrogen-bond acceptors (Lipinski definition) is 3. The minimum absolute atomic E-state index is 0.0640. The van der Waals surface area contributed by atoms with Gasteiger partial charge in [0, 0.05) is 37.1 Å². The van der Waals surface area contributed by atoms with E-state index in [1.54, 1.807) is 11.0 Å². The number of nitriles is 1. The van der Waals surface area contributed by atoms with Crippen molar-refractivity contribution in [2.45, 2.75) is 85.2 Å². The first-order chi connectivity index (χ1) is 15.3. The Hall–Kier alpha value is -2.55. The lowest BCUT2D eigenvalue weighted by atomic mass is 9.92. The molecule has 2 heterocycles. The minimum Gasteiger partial charge on any atom is -0.353 e. The number of rotatable bonds is 6. The second kappa shape index (κ2) is 10.8. The maximum atomic E-state index is 13.2. The number of amides is 2. The molecule has 0 bridgehead atoms. The number of nitrogens with one attached hydrogen (secondary N) is 1. The highest BCUT2D eigenvalue weighted by atomic mass is 16.2. The quantitative estimate of drug-likeness (QED) is 0.530. The van der Waals surface area contributed by atoms with Crippen LogP contribution in [0.4, 0.5) is 0 Å². The molecule has 2 amide bonds. The topological polar surface area (TPSA) is 78.1 Å². The molecule has 0 spiro atoms. The minimum atomic E-state index is -0.267. The van der Waals surface area contributed by atoms with Crippen molar-refractivity contribution in [2.24, 2.45) is 11.8 Å². The van der Waals surface area contributed by atoms with Crippen LogP contribution in [0.5, 0.6) is 0 Å². The zero-order valence-corrected chi connectivity index (χ0v) is 20.1. The molecule has 0 aromatic carbocycles. The Morgan fingerprint density at radius 3 is 2.56 bits per heavy atom.